The zero-order valence-electron chi connectivity index (χ0n) is 12.8. The van der Waals surface area contributed by atoms with E-state index in [1.807, 2.05) is 12.1 Å². The van der Waals surface area contributed by atoms with Crippen LogP contribution in [-0.2, 0) is 11.3 Å². The van der Waals surface area contributed by atoms with Crippen molar-refractivity contribution in [3.63, 3.8) is 0 Å². The molecule has 110 valence electrons. The maximum atomic E-state index is 11.0. The first-order valence-electron chi connectivity index (χ1n) is 7.63. The second kappa shape index (κ2) is 6.89. The van der Waals surface area contributed by atoms with Gasteiger partial charge >= 0.3 is 0 Å². The highest BCUT2D eigenvalue weighted by atomic mass is 16.1. The van der Waals surface area contributed by atoms with Crippen LogP contribution >= 0.6 is 0 Å². The summed E-state index contributed by atoms with van der Waals surface area (Å²) in [4.78, 5) is 11.0. The molecule has 0 saturated heterocycles. The first-order valence-corrected chi connectivity index (χ1v) is 7.63. The van der Waals surface area contributed by atoms with Crippen molar-refractivity contribution in [2.45, 2.75) is 52.6 Å². The Kier molecular flexibility index (Phi) is 5.18. The number of hydrogen-bond donors (Lipinski definition) is 2. The number of carbonyl (C=O) groups is 1. The van der Waals surface area contributed by atoms with Gasteiger partial charge in [0.1, 0.15) is 0 Å². The molecule has 1 aliphatic carbocycles. The third-order valence-electron chi connectivity index (χ3n) is 4.05. The zero-order valence-corrected chi connectivity index (χ0v) is 12.8. The second-order valence-electron chi connectivity index (χ2n) is 6.37. The van der Waals surface area contributed by atoms with Crippen molar-refractivity contribution in [2.24, 2.45) is 11.8 Å². The van der Waals surface area contributed by atoms with Crippen LogP contribution in [0.15, 0.2) is 24.3 Å². The maximum Gasteiger partial charge on any atom is 0.221 e. The highest BCUT2D eigenvalue weighted by Gasteiger charge is 2.23. The molecule has 1 aromatic rings. The van der Waals surface area contributed by atoms with Gasteiger partial charge in [0.15, 0.2) is 0 Å². The molecular formula is C17H26N2O. The number of anilines is 1. The van der Waals surface area contributed by atoms with Crippen LogP contribution in [-0.4, -0.2) is 11.9 Å². The SMILES string of the molecule is CC(=O)Nc1ccc(CNC2CC(C)CC(C)C2)cc1. The number of nitrogens with one attached hydrogen (secondary N) is 2. The number of carbonyl (C=O) groups excluding carboxylic acids is 1. The van der Waals surface area contributed by atoms with Crippen LogP contribution in [0.5, 0.6) is 0 Å². The smallest absolute Gasteiger partial charge is 0.221 e. The third kappa shape index (κ3) is 4.64. The van der Waals surface area contributed by atoms with Gasteiger partial charge in [0.25, 0.3) is 0 Å². The summed E-state index contributed by atoms with van der Waals surface area (Å²) in [5.74, 6) is 1.64. The normalized spacial score (nSPS) is 26.2. The van der Waals surface area contributed by atoms with Gasteiger partial charge in [-0.1, -0.05) is 26.0 Å². The minimum Gasteiger partial charge on any atom is -0.326 e. The van der Waals surface area contributed by atoms with E-state index in [1.165, 1.54) is 31.7 Å². The lowest BCUT2D eigenvalue weighted by Crippen LogP contribution is -2.35. The van der Waals surface area contributed by atoms with Crippen molar-refractivity contribution in [3.8, 4) is 0 Å². The molecule has 2 N–H and O–H groups in total. The molecule has 0 radical (unpaired) electrons. The predicted octanol–water partition coefficient (Wildman–Crippen LogP) is 3.56. The summed E-state index contributed by atoms with van der Waals surface area (Å²) < 4.78 is 0. The van der Waals surface area contributed by atoms with Gasteiger partial charge in [-0.3, -0.25) is 4.79 Å². The van der Waals surface area contributed by atoms with E-state index < -0.39 is 0 Å². The summed E-state index contributed by atoms with van der Waals surface area (Å²) in [6.07, 6.45) is 3.94. The molecule has 1 fully saturated rings. The molecule has 0 heterocycles. The Morgan fingerprint density at radius 3 is 2.25 bits per heavy atom. The molecule has 2 unspecified atom stereocenters. The van der Waals surface area contributed by atoms with E-state index in [0.717, 1.165) is 24.1 Å². The van der Waals surface area contributed by atoms with Gasteiger partial charge < -0.3 is 10.6 Å². The van der Waals surface area contributed by atoms with E-state index in [2.05, 4.69) is 36.6 Å². The molecule has 1 aromatic carbocycles. The molecule has 0 aromatic heterocycles. The van der Waals surface area contributed by atoms with E-state index in [4.69, 9.17) is 0 Å². The van der Waals surface area contributed by atoms with E-state index in [1.54, 1.807) is 0 Å². The molecule has 3 nitrogen and oxygen atoms in total. The van der Waals surface area contributed by atoms with E-state index in [0.29, 0.717) is 6.04 Å². The Hall–Kier alpha value is -1.35. The Bertz CT molecular complexity index is 431. The molecule has 2 rings (SSSR count). The molecule has 20 heavy (non-hydrogen) atoms. The van der Waals surface area contributed by atoms with Crippen molar-refractivity contribution >= 4 is 11.6 Å². The molecule has 3 heteroatoms. The Morgan fingerprint density at radius 1 is 1.10 bits per heavy atom. The first kappa shape index (κ1) is 15.0. The molecule has 1 saturated carbocycles. The van der Waals surface area contributed by atoms with Gasteiger partial charge in [0.2, 0.25) is 5.91 Å². The summed E-state index contributed by atoms with van der Waals surface area (Å²) in [5, 5.41) is 6.46. The lowest BCUT2D eigenvalue weighted by Gasteiger charge is -2.32. The third-order valence-corrected chi connectivity index (χ3v) is 4.05. The number of amides is 1. The van der Waals surface area contributed by atoms with E-state index in [-0.39, 0.29) is 5.91 Å². The van der Waals surface area contributed by atoms with Crippen molar-refractivity contribution in [3.05, 3.63) is 29.8 Å². The number of hydrogen-bond acceptors (Lipinski definition) is 2. The van der Waals surface area contributed by atoms with Gasteiger partial charge in [-0.2, -0.15) is 0 Å². The summed E-state index contributed by atoms with van der Waals surface area (Å²) in [7, 11) is 0. The van der Waals surface area contributed by atoms with Gasteiger partial charge in [0, 0.05) is 25.2 Å². The van der Waals surface area contributed by atoms with Crippen molar-refractivity contribution < 1.29 is 4.79 Å². The summed E-state index contributed by atoms with van der Waals surface area (Å²) in [6.45, 7) is 7.14. The molecular weight excluding hydrogens is 248 g/mol. The first-order chi connectivity index (χ1) is 9.52. The molecule has 0 spiro atoms. The fourth-order valence-electron chi connectivity index (χ4n) is 3.29. The van der Waals surface area contributed by atoms with Crippen LogP contribution in [0, 0.1) is 11.8 Å². The van der Waals surface area contributed by atoms with Gasteiger partial charge in [0.05, 0.1) is 0 Å². The van der Waals surface area contributed by atoms with Crippen molar-refractivity contribution in [1.82, 2.24) is 5.32 Å². The van der Waals surface area contributed by atoms with Gasteiger partial charge in [-0.15, -0.1) is 0 Å². The zero-order chi connectivity index (χ0) is 14.5. The van der Waals surface area contributed by atoms with Crippen molar-refractivity contribution in [1.29, 1.82) is 0 Å². The van der Waals surface area contributed by atoms with Crippen LogP contribution < -0.4 is 10.6 Å². The van der Waals surface area contributed by atoms with Crippen LogP contribution in [0.4, 0.5) is 5.69 Å². The standard InChI is InChI=1S/C17H26N2O/c1-12-8-13(2)10-17(9-12)18-11-15-4-6-16(7-5-15)19-14(3)20/h4-7,12-13,17-18H,8-11H2,1-3H3,(H,19,20). The van der Waals surface area contributed by atoms with Gasteiger partial charge in [-0.25, -0.2) is 0 Å². The Labute approximate surface area is 122 Å². The Morgan fingerprint density at radius 2 is 1.70 bits per heavy atom. The topological polar surface area (TPSA) is 41.1 Å². The fourth-order valence-corrected chi connectivity index (χ4v) is 3.29. The highest BCUT2D eigenvalue weighted by Crippen LogP contribution is 2.28. The van der Waals surface area contributed by atoms with Crippen molar-refractivity contribution in [2.75, 3.05) is 5.32 Å². The number of rotatable bonds is 4. The van der Waals surface area contributed by atoms with Crippen LogP contribution in [0.25, 0.3) is 0 Å². The molecule has 2 atom stereocenters. The summed E-state index contributed by atoms with van der Waals surface area (Å²) in [5.41, 5.74) is 2.13. The quantitative estimate of drug-likeness (QED) is 0.881. The van der Waals surface area contributed by atoms with E-state index in [9.17, 15) is 4.79 Å². The number of benzene rings is 1. The lowest BCUT2D eigenvalue weighted by atomic mass is 9.80. The van der Waals surface area contributed by atoms with E-state index >= 15 is 0 Å². The van der Waals surface area contributed by atoms with Crippen LogP contribution in [0.3, 0.4) is 0 Å². The average molecular weight is 274 g/mol. The van der Waals surface area contributed by atoms with Crippen LogP contribution in [0.1, 0.15) is 45.6 Å². The molecule has 0 bridgehead atoms. The fraction of sp³-hybridized carbons (Fsp3) is 0.588. The Balaban J connectivity index is 1.83. The molecule has 1 aliphatic rings. The molecule has 0 aliphatic heterocycles. The van der Waals surface area contributed by atoms with Crippen LogP contribution in [0.2, 0.25) is 0 Å². The lowest BCUT2D eigenvalue weighted by molar-refractivity contribution is -0.114. The largest absolute Gasteiger partial charge is 0.326 e. The maximum absolute atomic E-state index is 11.0. The minimum absolute atomic E-state index is 0.0268. The summed E-state index contributed by atoms with van der Waals surface area (Å²) >= 11 is 0. The highest BCUT2D eigenvalue weighted by molar-refractivity contribution is 5.88. The molecule has 1 amide bonds. The average Bonchev–Trinajstić information content (AvgIpc) is 2.36. The van der Waals surface area contributed by atoms with Gasteiger partial charge in [-0.05, 0) is 48.8 Å². The monoisotopic (exact) mass is 274 g/mol. The predicted molar refractivity (Wildman–Crippen MR) is 83.6 cm³/mol. The second-order valence-corrected chi connectivity index (χ2v) is 6.37. The summed E-state index contributed by atoms with van der Waals surface area (Å²) in [6, 6.07) is 8.72. The minimum atomic E-state index is -0.0268.